The third-order valence-corrected chi connectivity index (χ3v) is 3.55. The van der Waals surface area contributed by atoms with Crippen LogP contribution in [0.4, 0.5) is 4.79 Å². The van der Waals surface area contributed by atoms with E-state index >= 15 is 0 Å². The summed E-state index contributed by atoms with van der Waals surface area (Å²) in [6.07, 6.45) is 0.722. The third-order valence-electron chi connectivity index (χ3n) is 3.55. The maximum absolute atomic E-state index is 12.0. The number of hydrogen-bond acceptors (Lipinski definition) is 3. The summed E-state index contributed by atoms with van der Waals surface area (Å²) in [5, 5.41) is 11.7. The first-order valence-corrected chi connectivity index (χ1v) is 6.42. The zero-order valence-electron chi connectivity index (χ0n) is 11.3. The summed E-state index contributed by atoms with van der Waals surface area (Å²) < 4.78 is 0. The number of carboxylic acid groups (broad SMARTS) is 1. The molecule has 18 heavy (non-hydrogen) atoms. The van der Waals surface area contributed by atoms with Crippen LogP contribution in [0.25, 0.3) is 0 Å². The first-order valence-electron chi connectivity index (χ1n) is 6.42. The number of aliphatic carboxylic acids is 1. The first-order chi connectivity index (χ1) is 8.45. The highest BCUT2D eigenvalue weighted by Crippen LogP contribution is 2.09. The lowest BCUT2D eigenvalue weighted by Gasteiger charge is -2.33. The molecule has 1 heterocycles. The number of likely N-dealkylation sites (N-methyl/N-ethyl adjacent to an activating group) is 1. The third kappa shape index (κ3) is 3.87. The van der Waals surface area contributed by atoms with E-state index in [4.69, 9.17) is 5.11 Å². The Kier molecular flexibility index (Phi) is 5.40. The highest BCUT2D eigenvalue weighted by atomic mass is 16.4. The van der Waals surface area contributed by atoms with Crippen molar-refractivity contribution in [3.05, 3.63) is 0 Å². The molecule has 1 aliphatic heterocycles. The molecule has 0 spiro atoms. The van der Waals surface area contributed by atoms with Gasteiger partial charge in [0.1, 0.15) is 6.04 Å². The summed E-state index contributed by atoms with van der Waals surface area (Å²) >= 11 is 0. The molecule has 0 aromatic rings. The maximum Gasteiger partial charge on any atom is 0.326 e. The summed E-state index contributed by atoms with van der Waals surface area (Å²) in [5.41, 5.74) is 0. The van der Waals surface area contributed by atoms with Gasteiger partial charge in [-0.2, -0.15) is 0 Å². The van der Waals surface area contributed by atoms with E-state index in [1.807, 2.05) is 20.9 Å². The molecule has 0 saturated carbocycles. The van der Waals surface area contributed by atoms with Crippen LogP contribution < -0.4 is 5.32 Å². The zero-order valence-corrected chi connectivity index (χ0v) is 11.3. The van der Waals surface area contributed by atoms with Crippen molar-refractivity contribution in [1.29, 1.82) is 0 Å². The van der Waals surface area contributed by atoms with Gasteiger partial charge in [0, 0.05) is 26.2 Å². The molecule has 2 unspecified atom stereocenters. The number of carboxylic acids is 1. The van der Waals surface area contributed by atoms with Gasteiger partial charge in [0.25, 0.3) is 0 Å². The van der Waals surface area contributed by atoms with E-state index in [1.54, 1.807) is 4.90 Å². The Bertz CT molecular complexity index is 301. The van der Waals surface area contributed by atoms with Crippen LogP contribution in [0, 0.1) is 5.92 Å². The van der Waals surface area contributed by atoms with Crippen molar-refractivity contribution in [1.82, 2.24) is 15.1 Å². The van der Waals surface area contributed by atoms with E-state index in [-0.39, 0.29) is 11.9 Å². The molecule has 2 N–H and O–H groups in total. The van der Waals surface area contributed by atoms with E-state index in [2.05, 4.69) is 10.2 Å². The second-order valence-corrected chi connectivity index (χ2v) is 4.94. The summed E-state index contributed by atoms with van der Waals surface area (Å²) in [6.45, 7) is 6.71. The van der Waals surface area contributed by atoms with Crippen LogP contribution in [0.2, 0.25) is 0 Å². The van der Waals surface area contributed by atoms with Crippen molar-refractivity contribution < 1.29 is 14.7 Å². The Balaban J connectivity index is 2.53. The number of piperazine rings is 1. The number of carbonyl (C=O) groups is 2. The predicted octanol–water partition coefficient (Wildman–Crippen LogP) is 0.443. The van der Waals surface area contributed by atoms with Crippen LogP contribution in [-0.4, -0.2) is 66.2 Å². The molecule has 2 amide bonds. The van der Waals surface area contributed by atoms with Crippen LogP contribution in [0.1, 0.15) is 20.3 Å². The standard InChI is InChI=1S/C12H23N3O3/c1-4-9(2)10(11(16)17)13-12(18)15-7-5-14(3)6-8-15/h9-10H,4-8H2,1-3H3,(H,13,18)(H,16,17). The Morgan fingerprint density at radius 1 is 1.28 bits per heavy atom. The van der Waals surface area contributed by atoms with Gasteiger partial charge in [-0.1, -0.05) is 20.3 Å². The van der Waals surface area contributed by atoms with Crippen LogP contribution >= 0.6 is 0 Å². The molecular weight excluding hydrogens is 234 g/mol. The number of amides is 2. The minimum absolute atomic E-state index is 0.0704. The van der Waals surface area contributed by atoms with E-state index in [9.17, 15) is 9.59 Å². The largest absolute Gasteiger partial charge is 0.480 e. The van der Waals surface area contributed by atoms with Crippen molar-refractivity contribution in [2.75, 3.05) is 33.2 Å². The Labute approximate surface area is 108 Å². The number of hydrogen-bond donors (Lipinski definition) is 2. The molecule has 6 heteroatoms. The van der Waals surface area contributed by atoms with Gasteiger partial charge in [-0.05, 0) is 13.0 Å². The van der Waals surface area contributed by atoms with Crippen molar-refractivity contribution in [3.8, 4) is 0 Å². The van der Waals surface area contributed by atoms with Gasteiger partial charge in [-0.25, -0.2) is 9.59 Å². The number of nitrogens with zero attached hydrogens (tertiary/aromatic N) is 2. The molecule has 0 aromatic heterocycles. The SMILES string of the molecule is CCC(C)C(NC(=O)N1CCN(C)CC1)C(=O)O. The zero-order chi connectivity index (χ0) is 13.7. The summed E-state index contributed by atoms with van der Waals surface area (Å²) in [6, 6.07) is -1.07. The van der Waals surface area contributed by atoms with Crippen LogP contribution in [0.5, 0.6) is 0 Å². The molecule has 0 bridgehead atoms. The molecule has 6 nitrogen and oxygen atoms in total. The lowest BCUT2D eigenvalue weighted by atomic mass is 9.99. The quantitative estimate of drug-likeness (QED) is 0.766. The lowest BCUT2D eigenvalue weighted by molar-refractivity contribution is -0.140. The summed E-state index contributed by atoms with van der Waals surface area (Å²) in [7, 11) is 2.01. The molecule has 1 aliphatic rings. The predicted molar refractivity (Wildman–Crippen MR) is 68.5 cm³/mol. The minimum Gasteiger partial charge on any atom is -0.480 e. The average molecular weight is 257 g/mol. The Hall–Kier alpha value is -1.30. The molecule has 1 fully saturated rings. The van der Waals surface area contributed by atoms with E-state index < -0.39 is 12.0 Å². The highest BCUT2D eigenvalue weighted by Gasteiger charge is 2.28. The smallest absolute Gasteiger partial charge is 0.326 e. The van der Waals surface area contributed by atoms with E-state index in [1.165, 1.54) is 0 Å². The lowest BCUT2D eigenvalue weighted by Crippen LogP contribution is -2.55. The van der Waals surface area contributed by atoms with Crippen molar-refractivity contribution >= 4 is 12.0 Å². The Morgan fingerprint density at radius 3 is 2.28 bits per heavy atom. The van der Waals surface area contributed by atoms with Crippen LogP contribution in [0.3, 0.4) is 0 Å². The van der Waals surface area contributed by atoms with E-state index in [0.29, 0.717) is 13.1 Å². The Morgan fingerprint density at radius 2 is 1.83 bits per heavy atom. The van der Waals surface area contributed by atoms with Crippen molar-refractivity contribution in [2.45, 2.75) is 26.3 Å². The van der Waals surface area contributed by atoms with Gasteiger partial charge in [-0.3, -0.25) is 0 Å². The number of urea groups is 1. The monoisotopic (exact) mass is 257 g/mol. The van der Waals surface area contributed by atoms with Gasteiger partial charge in [0.05, 0.1) is 0 Å². The number of rotatable bonds is 4. The number of nitrogens with one attached hydrogen (secondary N) is 1. The van der Waals surface area contributed by atoms with Crippen molar-refractivity contribution in [2.24, 2.45) is 5.92 Å². The maximum atomic E-state index is 12.0. The summed E-state index contributed by atoms with van der Waals surface area (Å²) in [5.74, 6) is -1.04. The van der Waals surface area contributed by atoms with Gasteiger partial charge >= 0.3 is 12.0 Å². The van der Waals surface area contributed by atoms with Crippen LogP contribution in [-0.2, 0) is 4.79 Å². The van der Waals surface area contributed by atoms with Gasteiger partial charge in [0.15, 0.2) is 0 Å². The molecular formula is C12H23N3O3. The normalized spacial score (nSPS) is 20.3. The fourth-order valence-electron chi connectivity index (χ4n) is 1.92. The fourth-order valence-corrected chi connectivity index (χ4v) is 1.92. The molecule has 0 aromatic carbocycles. The fraction of sp³-hybridized carbons (Fsp3) is 0.833. The van der Waals surface area contributed by atoms with Crippen molar-refractivity contribution in [3.63, 3.8) is 0 Å². The average Bonchev–Trinajstić information content (AvgIpc) is 2.35. The molecule has 1 rings (SSSR count). The second-order valence-electron chi connectivity index (χ2n) is 4.94. The second kappa shape index (κ2) is 6.58. The van der Waals surface area contributed by atoms with E-state index in [0.717, 1.165) is 19.5 Å². The van der Waals surface area contributed by atoms with Gasteiger partial charge in [-0.15, -0.1) is 0 Å². The topological polar surface area (TPSA) is 72.9 Å². The van der Waals surface area contributed by atoms with Gasteiger partial charge < -0.3 is 20.2 Å². The van der Waals surface area contributed by atoms with Gasteiger partial charge in [0.2, 0.25) is 0 Å². The molecule has 1 saturated heterocycles. The summed E-state index contributed by atoms with van der Waals surface area (Å²) in [4.78, 5) is 26.9. The minimum atomic E-state index is -0.966. The molecule has 0 aliphatic carbocycles. The first kappa shape index (κ1) is 14.8. The molecule has 0 radical (unpaired) electrons. The van der Waals surface area contributed by atoms with Crippen LogP contribution in [0.15, 0.2) is 0 Å². The molecule has 104 valence electrons. The molecule has 2 atom stereocenters. The highest BCUT2D eigenvalue weighted by molar-refractivity contribution is 5.82. The number of carbonyl (C=O) groups excluding carboxylic acids is 1.